The number of hydrogen-bond acceptors (Lipinski definition) is 6. The molecule has 0 spiro atoms. The Bertz CT molecular complexity index is 650. The van der Waals surface area contributed by atoms with Gasteiger partial charge < -0.3 is 23.8 Å². The summed E-state index contributed by atoms with van der Waals surface area (Å²) in [5.41, 5.74) is 1.18. The first-order valence-corrected chi connectivity index (χ1v) is 8.64. The average Bonchev–Trinajstić information content (AvgIpc) is 3.30. The monoisotopic (exact) mass is 348 g/mol. The predicted octanol–water partition coefficient (Wildman–Crippen LogP) is 0.719. The van der Waals surface area contributed by atoms with Crippen molar-refractivity contribution in [3.05, 3.63) is 23.8 Å². The van der Waals surface area contributed by atoms with E-state index in [9.17, 15) is 4.79 Å². The molecular weight excluding hydrogens is 324 g/mol. The quantitative estimate of drug-likeness (QED) is 0.781. The minimum Gasteiger partial charge on any atom is -0.454 e. The Morgan fingerprint density at radius 2 is 2.12 bits per heavy atom. The van der Waals surface area contributed by atoms with E-state index in [0.717, 1.165) is 31.2 Å². The highest BCUT2D eigenvalue weighted by molar-refractivity contribution is 5.76. The van der Waals surface area contributed by atoms with E-state index in [1.807, 2.05) is 12.1 Å². The zero-order valence-electron chi connectivity index (χ0n) is 14.6. The summed E-state index contributed by atoms with van der Waals surface area (Å²) >= 11 is 0. The Morgan fingerprint density at radius 1 is 1.28 bits per heavy atom. The third-order valence-electron chi connectivity index (χ3n) is 5.20. The molecule has 0 bridgehead atoms. The van der Waals surface area contributed by atoms with Gasteiger partial charge in [0.2, 0.25) is 12.7 Å². The van der Waals surface area contributed by atoms with E-state index < -0.39 is 0 Å². The van der Waals surface area contributed by atoms with Crippen LogP contribution in [-0.4, -0.2) is 75.1 Å². The number of ether oxygens (including phenoxy) is 4. The molecule has 0 radical (unpaired) electrons. The number of nitrogens with zero attached hydrogens (tertiary/aromatic N) is 2. The van der Waals surface area contributed by atoms with Gasteiger partial charge in [-0.05, 0) is 17.7 Å². The maximum atomic E-state index is 11.8. The van der Waals surface area contributed by atoms with Crippen LogP contribution in [0.5, 0.6) is 11.5 Å². The van der Waals surface area contributed by atoms with Crippen LogP contribution in [0.1, 0.15) is 5.56 Å². The predicted molar refractivity (Wildman–Crippen MR) is 89.5 cm³/mol. The number of benzene rings is 1. The number of carbonyl (C=O) groups is 1. The normalized spacial score (nSPS) is 27.5. The van der Waals surface area contributed by atoms with Gasteiger partial charge in [-0.25, -0.2) is 0 Å². The van der Waals surface area contributed by atoms with E-state index in [4.69, 9.17) is 18.9 Å². The van der Waals surface area contributed by atoms with E-state index in [1.54, 1.807) is 19.0 Å². The van der Waals surface area contributed by atoms with Crippen LogP contribution in [0.15, 0.2) is 18.2 Å². The van der Waals surface area contributed by atoms with Crippen LogP contribution in [0, 0.1) is 5.92 Å². The van der Waals surface area contributed by atoms with Gasteiger partial charge in [-0.1, -0.05) is 6.07 Å². The Kier molecular flexibility index (Phi) is 4.54. The van der Waals surface area contributed by atoms with Gasteiger partial charge in [-0.3, -0.25) is 9.69 Å². The Balaban J connectivity index is 1.41. The van der Waals surface area contributed by atoms with Crippen molar-refractivity contribution in [1.29, 1.82) is 0 Å². The van der Waals surface area contributed by atoms with Gasteiger partial charge in [-0.2, -0.15) is 0 Å². The molecule has 1 aromatic rings. The first kappa shape index (κ1) is 16.6. The third kappa shape index (κ3) is 3.31. The molecule has 2 fully saturated rings. The topological polar surface area (TPSA) is 60.5 Å². The lowest BCUT2D eigenvalue weighted by Crippen LogP contribution is -2.32. The molecule has 7 heteroatoms. The smallest absolute Gasteiger partial charge is 0.248 e. The molecule has 0 N–H and O–H groups in total. The second-order valence-electron chi connectivity index (χ2n) is 7.02. The second-order valence-corrected chi connectivity index (χ2v) is 7.02. The summed E-state index contributed by atoms with van der Waals surface area (Å²) in [5.74, 6) is 1.92. The van der Waals surface area contributed by atoms with E-state index in [-0.39, 0.29) is 25.4 Å². The van der Waals surface area contributed by atoms with Crippen LogP contribution in [0.4, 0.5) is 0 Å². The summed E-state index contributed by atoms with van der Waals surface area (Å²) < 4.78 is 22.4. The van der Waals surface area contributed by atoms with E-state index in [1.165, 1.54) is 5.56 Å². The highest BCUT2D eigenvalue weighted by Crippen LogP contribution is 2.36. The van der Waals surface area contributed by atoms with Crippen molar-refractivity contribution in [2.24, 2.45) is 5.92 Å². The van der Waals surface area contributed by atoms with E-state index >= 15 is 0 Å². The number of fused-ring (bicyclic) bond motifs is 2. The van der Waals surface area contributed by atoms with Gasteiger partial charge in [0, 0.05) is 39.1 Å². The molecule has 0 aromatic heterocycles. The molecular formula is C18H24N2O5. The highest BCUT2D eigenvalue weighted by atomic mass is 16.7. The van der Waals surface area contributed by atoms with Crippen molar-refractivity contribution in [2.45, 2.75) is 18.7 Å². The van der Waals surface area contributed by atoms with Crippen LogP contribution in [0.3, 0.4) is 0 Å². The molecule has 3 aliphatic heterocycles. The number of amides is 1. The number of likely N-dealkylation sites (N-methyl/N-ethyl adjacent to an activating group) is 1. The molecule has 4 rings (SSSR count). The lowest BCUT2D eigenvalue weighted by molar-refractivity contribution is -0.136. The molecule has 3 aliphatic rings. The number of carbonyl (C=O) groups excluding carboxylic acids is 1. The van der Waals surface area contributed by atoms with Gasteiger partial charge in [0.25, 0.3) is 0 Å². The van der Waals surface area contributed by atoms with Crippen molar-refractivity contribution in [1.82, 2.24) is 9.80 Å². The maximum Gasteiger partial charge on any atom is 0.248 e. The Labute approximate surface area is 147 Å². The lowest BCUT2D eigenvalue weighted by atomic mass is 10.0. The maximum absolute atomic E-state index is 11.8. The lowest BCUT2D eigenvalue weighted by Gasteiger charge is -2.22. The largest absolute Gasteiger partial charge is 0.454 e. The number of rotatable bonds is 5. The minimum atomic E-state index is -0.00955. The summed E-state index contributed by atoms with van der Waals surface area (Å²) in [5, 5.41) is 0. The molecule has 0 saturated carbocycles. The van der Waals surface area contributed by atoms with E-state index in [0.29, 0.717) is 18.6 Å². The number of hydrogen-bond donors (Lipinski definition) is 0. The molecule has 136 valence electrons. The Morgan fingerprint density at radius 3 is 2.96 bits per heavy atom. The van der Waals surface area contributed by atoms with Gasteiger partial charge in [0.1, 0.15) is 6.61 Å². The zero-order chi connectivity index (χ0) is 17.4. The van der Waals surface area contributed by atoms with Crippen LogP contribution in [-0.2, 0) is 20.8 Å². The number of likely N-dealkylation sites (tertiary alicyclic amines) is 1. The van der Waals surface area contributed by atoms with Gasteiger partial charge >= 0.3 is 0 Å². The third-order valence-corrected chi connectivity index (χ3v) is 5.20. The molecule has 1 amide bonds. The Hall–Kier alpha value is -1.83. The summed E-state index contributed by atoms with van der Waals surface area (Å²) in [6.07, 6.45) is 0.0328. The van der Waals surface area contributed by atoms with Crippen LogP contribution >= 0.6 is 0 Å². The minimum absolute atomic E-state index is 0.00955. The summed E-state index contributed by atoms with van der Waals surface area (Å²) in [6, 6.07) is 6.41. The average molecular weight is 348 g/mol. The summed E-state index contributed by atoms with van der Waals surface area (Å²) in [4.78, 5) is 15.7. The van der Waals surface area contributed by atoms with Crippen LogP contribution in [0.25, 0.3) is 0 Å². The van der Waals surface area contributed by atoms with Crippen LogP contribution in [0.2, 0.25) is 0 Å². The molecule has 7 nitrogen and oxygen atoms in total. The van der Waals surface area contributed by atoms with Crippen molar-refractivity contribution in [2.75, 3.05) is 47.3 Å². The van der Waals surface area contributed by atoms with E-state index in [2.05, 4.69) is 11.0 Å². The van der Waals surface area contributed by atoms with Crippen molar-refractivity contribution >= 4 is 5.91 Å². The SMILES string of the molecule is CN(C)C(=O)CO[C@H]1CN(Cc2ccc3c(c2)OCO3)[C@@H]2COC[C@H]12. The second kappa shape index (κ2) is 6.82. The van der Waals surface area contributed by atoms with Gasteiger partial charge in [0.15, 0.2) is 11.5 Å². The molecule has 0 aliphatic carbocycles. The molecule has 3 atom stereocenters. The zero-order valence-corrected chi connectivity index (χ0v) is 14.6. The van der Waals surface area contributed by atoms with Crippen LogP contribution < -0.4 is 9.47 Å². The fourth-order valence-electron chi connectivity index (χ4n) is 3.73. The molecule has 1 aromatic carbocycles. The molecule has 0 unspecified atom stereocenters. The fourth-order valence-corrected chi connectivity index (χ4v) is 3.73. The first-order chi connectivity index (χ1) is 12.1. The molecule has 3 heterocycles. The first-order valence-electron chi connectivity index (χ1n) is 8.64. The van der Waals surface area contributed by atoms with Crippen molar-refractivity contribution < 1.29 is 23.7 Å². The van der Waals surface area contributed by atoms with Gasteiger partial charge in [-0.15, -0.1) is 0 Å². The fraction of sp³-hybridized carbons (Fsp3) is 0.611. The molecule has 25 heavy (non-hydrogen) atoms. The summed E-state index contributed by atoms with van der Waals surface area (Å²) in [7, 11) is 3.49. The molecule has 2 saturated heterocycles. The van der Waals surface area contributed by atoms with Crippen molar-refractivity contribution in [3.63, 3.8) is 0 Å². The van der Waals surface area contributed by atoms with Crippen molar-refractivity contribution in [3.8, 4) is 11.5 Å². The highest BCUT2D eigenvalue weighted by Gasteiger charge is 2.46. The summed E-state index contributed by atoms with van der Waals surface area (Å²) in [6.45, 7) is 3.45. The standard InChI is InChI=1S/C18H24N2O5/c1-19(2)18(21)10-23-17-7-20(14-9-22-8-13(14)17)6-12-3-4-15-16(5-12)25-11-24-15/h3-5,13-14,17H,6-11H2,1-2H3/t13-,14+,17-/m0/s1. The van der Waals surface area contributed by atoms with Gasteiger partial charge in [0.05, 0.1) is 19.3 Å².